The Hall–Kier alpha value is -3.08. The van der Waals surface area contributed by atoms with E-state index in [9.17, 15) is 4.79 Å². The first-order valence-electron chi connectivity index (χ1n) is 8.16. The van der Waals surface area contributed by atoms with Crippen molar-refractivity contribution in [2.75, 3.05) is 6.61 Å². The number of hydrogen-bond acceptors (Lipinski definition) is 5. The maximum absolute atomic E-state index is 12.3. The van der Waals surface area contributed by atoms with E-state index < -0.39 is 0 Å². The van der Waals surface area contributed by atoms with Crippen molar-refractivity contribution in [1.29, 1.82) is 0 Å². The van der Waals surface area contributed by atoms with Crippen LogP contribution in [-0.2, 0) is 13.0 Å². The number of ketones is 1. The van der Waals surface area contributed by atoms with Gasteiger partial charge in [-0.25, -0.2) is 4.98 Å². The number of Topliss-reactive ketones (excluding diaryl/α,β-unsaturated/α-hetero) is 1. The summed E-state index contributed by atoms with van der Waals surface area (Å²) in [4.78, 5) is 16.3. The number of aromatic nitrogens is 1. The number of benzene rings is 2. The summed E-state index contributed by atoms with van der Waals surface area (Å²) in [5.41, 5.74) is 2.10. The maximum Gasteiger partial charge on any atom is 0.263 e. The van der Waals surface area contributed by atoms with E-state index in [1.165, 1.54) is 12.5 Å². The number of hydrogen-bond donors (Lipinski definition) is 0. The summed E-state index contributed by atoms with van der Waals surface area (Å²) >= 11 is 0. The van der Waals surface area contributed by atoms with Crippen LogP contribution in [0.25, 0.3) is 0 Å². The summed E-state index contributed by atoms with van der Waals surface area (Å²) in [6, 6.07) is 15.7. The molecule has 1 aliphatic heterocycles. The lowest BCUT2D eigenvalue weighted by Gasteiger charge is -2.24. The van der Waals surface area contributed by atoms with Crippen molar-refractivity contribution in [3.05, 3.63) is 78.0 Å². The third kappa shape index (κ3) is 3.40. The van der Waals surface area contributed by atoms with E-state index in [1.807, 2.05) is 48.5 Å². The van der Waals surface area contributed by atoms with Crippen molar-refractivity contribution < 1.29 is 18.7 Å². The van der Waals surface area contributed by atoms with Crippen LogP contribution >= 0.6 is 0 Å². The van der Waals surface area contributed by atoms with Crippen LogP contribution in [0.2, 0.25) is 0 Å². The molecule has 3 aromatic rings. The molecule has 0 bridgehead atoms. The molecule has 4 rings (SSSR count). The van der Waals surface area contributed by atoms with Gasteiger partial charge >= 0.3 is 0 Å². The quantitative estimate of drug-likeness (QED) is 0.666. The van der Waals surface area contributed by atoms with Crippen molar-refractivity contribution in [3.63, 3.8) is 0 Å². The number of oxazole rings is 1. The molecule has 0 saturated heterocycles. The smallest absolute Gasteiger partial charge is 0.263 e. The Balaban J connectivity index is 1.43. The molecule has 0 aliphatic carbocycles. The molecule has 126 valence electrons. The Morgan fingerprint density at radius 3 is 2.88 bits per heavy atom. The van der Waals surface area contributed by atoms with Gasteiger partial charge in [0.25, 0.3) is 5.89 Å². The van der Waals surface area contributed by atoms with Gasteiger partial charge in [0.05, 0.1) is 18.7 Å². The van der Waals surface area contributed by atoms with Gasteiger partial charge in [0.1, 0.15) is 24.4 Å². The Kier molecular flexibility index (Phi) is 4.21. The summed E-state index contributed by atoms with van der Waals surface area (Å²) in [6.45, 7) is 0.821. The van der Waals surface area contributed by atoms with Gasteiger partial charge in [-0.1, -0.05) is 36.4 Å². The highest BCUT2D eigenvalue weighted by Crippen LogP contribution is 2.32. The minimum absolute atomic E-state index is 0.125. The number of nitrogens with zero attached hydrogens (tertiary/aromatic N) is 1. The van der Waals surface area contributed by atoms with Crippen LogP contribution in [0.3, 0.4) is 0 Å². The van der Waals surface area contributed by atoms with E-state index in [1.54, 1.807) is 0 Å². The monoisotopic (exact) mass is 335 g/mol. The molecule has 0 fully saturated rings. The van der Waals surface area contributed by atoms with E-state index in [4.69, 9.17) is 13.9 Å². The highest BCUT2D eigenvalue weighted by Gasteiger charge is 2.29. The second-order valence-corrected chi connectivity index (χ2v) is 5.96. The topological polar surface area (TPSA) is 61.6 Å². The second kappa shape index (κ2) is 6.81. The van der Waals surface area contributed by atoms with Crippen molar-refractivity contribution >= 4 is 5.78 Å². The molecule has 1 aromatic heterocycles. The fourth-order valence-corrected chi connectivity index (χ4v) is 2.87. The van der Waals surface area contributed by atoms with Gasteiger partial charge in [-0.15, -0.1) is 0 Å². The van der Waals surface area contributed by atoms with Gasteiger partial charge in [-0.3, -0.25) is 4.79 Å². The second-order valence-electron chi connectivity index (χ2n) is 5.96. The first-order valence-corrected chi connectivity index (χ1v) is 8.16. The molecule has 25 heavy (non-hydrogen) atoms. The summed E-state index contributed by atoms with van der Waals surface area (Å²) in [5, 5.41) is 0. The zero-order chi connectivity index (χ0) is 17.1. The van der Waals surface area contributed by atoms with Gasteiger partial charge in [-0.2, -0.15) is 0 Å². The first kappa shape index (κ1) is 15.4. The number of ether oxygens (including phenoxy) is 2. The van der Waals surface area contributed by atoms with Gasteiger partial charge in [0, 0.05) is 6.07 Å². The van der Waals surface area contributed by atoms with E-state index in [0.29, 0.717) is 19.6 Å². The highest BCUT2D eigenvalue weighted by molar-refractivity contribution is 5.94. The molecule has 5 nitrogen and oxygen atoms in total. The van der Waals surface area contributed by atoms with E-state index in [-0.39, 0.29) is 17.6 Å². The summed E-state index contributed by atoms with van der Waals surface area (Å²) in [6.07, 6.45) is 3.48. The zero-order valence-electron chi connectivity index (χ0n) is 13.6. The van der Waals surface area contributed by atoms with E-state index in [0.717, 1.165) is 22.6 Å². The van der Waals surface area contributed by atoms with Gasteiger partial charge in [0.15, 0.2) is 0 Å². The molecule has 0 unspecified atom stereocenters. The van der Waals surface area contributed by atoms with Crippen LogP contribution in [0.5, 0.6) is 11.5 Å². The lowest BCUT2D eigenvalue weighted by atomic mass is 9.93. The van der Waals surface area contributed by atoms with E-state index >= 15 is 0 Å². The largest absolute Gasteiger partial charge is 0.492 e. The SMILES string of the molecule is O=C(c1ncco1)[C@H]1COc2cc(OCc3ccccc3)ccc2C1. The van der Waals surface area contributed by atoms with Crippen LogP contribution in [-0.4, -0.2) is 17.4 Å². The van der Waals surface area contributed by atoms with E-state index in [2.05, 4.69) is 4.98 Å². The summed E-state index contributed by atoms with van der Waals surface area (Å²) in [5.74, 6) is 1.25. The molecule has 2 aromatic carbocycles. The van der Waals surface area contributed by atoms with Gasteiger partial charge < -0.3 is 13.9 Å². The Morgan fingerprint density at radius 2 is 2.08 bits per heavy atom. The Morgan fingerprint density at radius 1 is 1.20 bits per heavy atom. The molecule has 0 amide bonds. The molecule has 0 saturated carbocycles. The van der Waals surface area contributed by atoms with Crippen molar-refractivity contribution in [2.45, 2.75) is 13.0 Å². The lowest BCUT2D eigenvalue weighted by molar-refractivity contribution is 0.0818. The predicted molar refractivity (Wildman–Crippen MR) is 90.7 cm³/mol. The molecule has 1 aliphatic rings. The van der Waals surface area contributed by atoms with Gasteiger partial charge in [-0.05, 0) is 23.6 Å². The van der Waals surface area contributed by atoms with Crippen molar-refractivity contribution in [1.82, 2.24) is 4.98 Å². The Bertz CT molecular complexity index is 859. The standard InChI is InChI=1S/C20H17NO4/c22-19(20-21-8-9-23-20)16-10-15-6-7-17(11-18(15)25-13-16)24-12-14-4-2-1-3-5-14/h1-9,11,16H,10,12-13H2/t16-/m1/s1. The third-order valence-corrected chi connectivity index (χ3v) is 4.21. The molecular formula is C20H17NO4. The minimum Gasteiger partial charge on any atom is -0.492 e. The Labute approximate surface area is 145 Å². The normalized spacial score (nSPS) is 15.9. The maximum atomic E-state index is 12.3. The van der Waals surface area contributed by atoms with Crippen LogP contribution in [0.1, 0.15) is 21.8 Å². The molecule has 5 heteroatoms. The number of carbonyl (C=O) groups excluding carboxylic acids is 1. The predicted octanol–water partition coefficient (Wildman–Crippen LogP) is 3.69. The fraction of sp³-hybridized carbons (Fsp3) is 0.200. The zero-order valence-corrected chi connectivity index (χ0v) is 13.6. The molecule has 2 heterocycles. The fourth-order valence-electron chi connectivity index (χ4n) is 2.87. The van der Waals surface area contributed by atoms with Crippen molar-refractivity contribution in [3.8, 4) is 11.5 Å². The molecular weight excluding hydrogens is 318 g/mol. The molecule has 0 spiro atoms. The third-order valence-electron chi connectivity index (χ3n) is 4.21. The molecule has 0 radical (unpaired) electrons. The first-order chi connectivity index (χ1) is 12.3. The summed E-state index contributed by atoms with van der Waals surface area (Å²) in [7, 11) is 0. The van der Waals surface area contributed by atoms with Crippen LogP contribution in [0.4, 0.5) is 0 Å². The minimum atomic E-state index is -0.276. The molecule has 0 N–H and O–H groups in total. The van der Waals surface area contributed by atoms with Crippen LogP contribution in [0, 0.1) is 5.92 Å². The van der Waals surface area contributed by atoms with Crippen LogP contribution < -0.4 is 9.47 Å². The highest BCUT2D eigenvalue weighted by atomic mass is 16.5. The average Bonchev–Trinajstić information content (AvgIpc) is 3.21. The average molecular weight is 335 g/mol. The van der Waals surface area contributed by atoms with Gasteiger partial charge in [0.2, 0.25) is 5.78 Å². The number of carbonyl (C=O) groups is 1. The molecule has 1 atom stereocenters. The van der Waals surface area contributed by atoms with Crippen molar-refractivity contribution in [2.24, 2.45) is 5.92 Å². The number of fused-ring (bicyclic) bond motifs is 1. The van der Waals surface area contributed by atoms with Crippen LogP contribution in [0.15, 0.2) is 65.4 Å². The number of rotatable bonds is 5. The summed E-state index contributed by atoms with van der Waals surface area (Å²) < 4.78 is 16.7. The lowest BCUT2D eigenvalue weighted by Crippen LogP contribution is -2.28.